The van der Waals surface area contributed by atoms with Crippen LogP contribution in [0.2, 0.25) is 0 Å². The molecule has 1 rings (SSSR count). The maximum atomic E-state index is 12.3. The number of carboxylic acid groups (broad SMARTS) is 1. The number of methoxy groups -OCH3 is 1. The van der Waals surface area contributed by atoms with Crippen molar-refractivity contribution in [2.45, 2.75) is 51.2 Å². The molecule has 0 radical (unpaired) electrons. The van der Waals surface area contributed by atoms with Crippen molar-refractivity contribution in [3.05, 3.63) is 0 Å². The van der Waals surface area contributed by atoms with Crippen molar-refractivity contribution in [2.24, 2.45) is 0 Å². The van der Waals surface area contributed by atoms with Gasteiger partial charge in [0.15, 0.2) is 0 Å². The van der Waals surface area contributed by atoms with Crippen molar-refractivity contribution < 1.29 is 24.2 Å². The summed E-state index contributed by atoms with van der Waals surface area (Å²) in [5.74, 6) is -1.46. The number of ether oxygens (including phenoxy) is 1. The van der Waals surface area contributed by atoms with Crippen LogP contribution >= 0.6 is 0 Å². The topological polar surface area (TPSA) is 95.9 Å². The minimum absolute atomic E-state index is 0.392. The van der Waals surface area contributed by atoms with Gasteiger partial charge in [-0.25, -0.2) is 9.59 Å². The summed E-state index contributed by atoms with van der Waals surface area (Å²) in [7, 11) is 1.21. The van der Waals surface area contributed by atoms with Gasteiger partial charge in [-0.2, -0.15) is 0 Å². The Hall–Kier alpha value is -1.79. The lowest BCUT2D eigenvalue weighted by Gasteiger charge is -2.47. The second kappa shape index (κ2) is 5.46. The average molecular weight is 272 g/mol. The molecule has 2 amide bonds. The van der Waals surface area contributed by atoms with Crippen LogP contribution in [0.1, 0.15) is 33.6 Å². The summed E-state index contributed by atoms with van der Waals surface area (Å²) in [6, 6.07) is -1.67. The van der Waals surface area contributed by atoms with E-state index in [-0.39, 0.29) is 0 Å². The van der Waals surface area contributed by atoms with Crippen LogP contribution in [0, 0.1) is 0 Å². The number of nitrogens with one attached hydrogen (secondary N) is 1. The van der Waals surface area contributed by atoms with E-state index in [0.717, 1.165) is 0 Å². The molecule has 0 aliphatic carbocycles. The number of hydrogen-bond acceptors (Lipinski definition) is 4. The van der Waals surface area contributed by atoms with Gasteiger partial charge >= 0.3 is 12.1 Å². The van der Waals surface area contributed by atoms with Gasteiger partial charge < -0.3 is 20.1 Å². The number of hydrogen-bond donors (Lipinski definition) is 2. The quantitative estimate of drug-likeness (QED) is 0.783. The molecule has 1 saturated heterocycles. The summed E-state index contributed by atoms with van der Waals surface area (Å²) in [6.45, 7) is 5.10. The van der Waals surface area contributed by atoms with E-state index in [1.54, 1.807) is 0 Å². The molecular weight excluding hydrogens is 252 g/mol. The number of piperidine rings is 1. The highest BCUT2D eigenvalue weighted by molar-refractivity contribution is 5.90. The fourth-order valence-electron chi connectivity index (χ4n) is 2.37. The first-order chi connectivity index (χ1) is 8.70. The normalized spacial score (nSPS) is 23.7. The molecule has 7 heteroatoms. The van der Waals surface area contributed by atoms with Crippen molar-refractivity contribution in [1.29, 1.82) is 0 Å². The Bertz CT molecular complexity index is 394. The summed E-state index contributed by atoms with van der Waals surface area (Å²) < 4.78 is 4.46. The molecule has 0 bridgehead atoms. The van der Waals surface area contributed by atoms with Gasteiger partial charge in [-0.15, -0.1) is 0 Å². The Labute approximate surface area is 111 Å². The van der Waals surface area contributed by atoms with E-state index in [2.05, 4.69) is 10.1 Å². The highest BCUT2D eigenvalue weighted by Gasteiger charge is 2.45. The largest absolute Gasteiger partial charge is 0.480 e. The molecule has 2 atom stereocenters. The number of likely N-dealkylation sites (tertiary alicyclic amines) is 1. The van der Waals surface area contributed by atoms with Gasteiger partial charge in [0.25, 0.3) is 0 Å². The molecule has 2 unspecified atom stereocenters. The van der Waals surface area contributed by atoms with E-state index in [4.69, 9.17) is 5.11 Å². The van der Waals surface area contributed by atoms with Gasteiger partial charge in [-0.3, -0.25) is 4.79 Å². The number of nitrogens with zero attached hydrogens (tertiary/aromatic N) is 1. The lowest BCUT2D eigenvalue weighted by atomic mass is 9.86. The molecule has 1 aliphatic heterocycles. The van der Waals surface area contributed by atoms with Gasteiger partial charge in [0.1, 0.15) is 12.1 Å². The number of carboxylic acids is 1. The van der Waals surface area contributed by atoms with Crippen LogP contribution in [0.25, 0.3) is 0 Å². The minimum atomic E-state index is -1.07. The minimum Gasteiger partial charge on any atom is -0.480 e. The Morgan fingerprint density at radius 1 is 1.53 bits per heavy atom. The predicted molar refractivity (Wildman–Crippen MR) is 66.6 cm³/mol. The highest BCUT2D eigenvalue weighted by Crippen LogP contribution is 2.30. The zero-order valence-electron chi connectivity index (χ0n) is 11.6. The fourth-order valence-corrected chi connectivity index (χ4v) is 2.37. The highest BCUT2D eigenvalue weighted by atomic mass is 16.5. The second-order valence-corrected chi connectivity index (χ2v) is 5.26. The first-order valence-electron chi connectivity index (χ1n) is 6.11. The van der Waals surface area contributed by atoms with Crippen molar-refractivity contribution in [2.75, 3.05) is 7.11 Å². The molecule has 1 aliphatic rings. The molecule has 0 saturated carbocycles. The first kappa shape index (κ1) is 15.3. The maximum absolute atomic E-state index is 12.3. The van der Waals surface area contributed by atoms with E-state index in [9.17, 15) is 14.4 Å². The van der Waals surface area contributed by atoms with Crippen LogP contribution in [-0.2, 0) is 14.3 Å². The Morgan fingerprint density at radius 2 is 2.11 bits per heavy atom. The Balaban J connectivity index is 2.93. The third-order valence-corrected chi connectivity index (χ3v) is 3.45. The van der Waals surface area contributed by atoms with Crippen molar-refractivity contribution in [1.82, 2.24) is 10.2 Å². The third-order valence-electron chi connectivity index (χ3n) is 3.45. The second-order valence-electron chi connectivity index (χ2n) is 5.26. The number of rotatable bonds is 3. The standard InChI is InChI=1S/C12H20N2O5/c1-7(10(16)17)14-9(15)8(13-11(18)19-4)5-6-12(14,2)3/h7-8H,5-6H2,1-4H3,(H,13,18)(H,16,17). The number of amides is 2. The number of carbonyl (C=O) groups excluding carboxylic acids is 2. The smallest absolute Gasteiger partial charge is 0.407 e. The van der Waals surface area contributed by atoms with Crippen LogP contribution in [0.4, 0.5) is 4.79 Å². The van der Waals surface area contributed by atoms with Crippen LogP contribution in [0.5, 0.6) is 0 Å². The van der Waals surface area contributed by atoms with E-state index in [1.165, 1.54) is 18.9 Å². The monoisotopic (exact) mass is 272 g/mol. The molecular formula is C12H20N2O5. The molecule has 0 aromatic rings. The van der Waals surface area contributed by atoms with Crippen molar-refractivity contribution in [3.63, 3.8) is 0 Å². The molecule has 1 fully saturated rings. The van der Waals surface area contributed by atoms with Gasteiger partial charge in [0.05, 0.1) is 7.11 Å². The summed E-state index contributed by atoms with van der Waals surface area (Å²) in [4.78, 5) is 35.9. The summed E-state index contributed by atoms with van der Waals surface area (Å²) in [6.07, 6.45) is 0.371. The molecule has 2 N–H and O–H groups in total. The summed E-state index contributed by atoms with van der Waals surface area (Å²) in [5, 5.41) is 11.5. The van der Waals surface area contributed by atoms with Crippen LogP contribution in [-0.4, -0.2) is 52.7 Å². The van der Waals surface area contributed by atoms with Gasteiger partial charge in [0.2, 0.25) is 5.91 Å². The molecule has 7 nitrogen and oxygen atoms in total. The van der Waals surface area contributed by atoms with E-state index in [0.29, 0.717) is 12.8 Å². The maximum Gasteiger partial charge on any atom is 0.407 e. The summed E-state index contributed by atoms with van der Waals surface area (Å²) >= 11 is 0. The number of aliphatic carboxylic acids is 1. The predicted octanol–water partition coefficient (Wildman–Crippen LogP) is 0.585. The molecule has 0 spiro atoms. The summed E-state index contributed by atoms with van der Waals surface area (Å²) in [5.41, 5.74) is -0.552. The first-order valence-corrected chi connectivity index (χ1v) is 6.11. The zero-order valence-corrected chi connectivity index (χ0v) is 11.6. The van der Waals surface area contributed by atoms with Gasteiger partial charge in [-0.05, 0) is 33.6 Å². The van der Waals surface area contributed by atoms with E-state index in [1.807, 2.05) is 13.8 Å². The van der Waals surface area contributed by atoms with E-state index >= 15 is 0 Å². The van der Waals surface area contributed by atoms with Gasteiger partial charge in [0, 0.05) is 5.54 Å². The van der Waals surface area contributed by atoms with Crippen molar-refractivity contribution in [3.8, 4) is 0 Å². The molecule has 19 heavy (non-hydrogen) atoms. The van der Waals surface area contributed by atoms with Crippen molar-refractivity contribution >= 4 is 18.0 Å². The third kappa shape index (κ3) is 3.15. The Morgan fingerprint density at radius 3 is 2.58 bits per heavy atom. The number of carbonyl (C=O) groups is 3. The van der Waals surface area contributed by atoms with Gasteiger partial charge in [-0.1, -0.05) is 0 Å². The lowest BCUT2D eigenvalue weighted by molar-refractivity contribution is -0.159. The van der Waals surface area contributed by atoms with Crippen LogP contribution in [0.15, 0.2) is 0 Å². The van der Waals surface area contributed by atoms with Crippen LogP contribution in [0.3, 0.4) is 0 Å². The van der Waals surface area contributed by atoms with E-state index < -0.39 is 35.6 Å². The zero-order chi connectivity index (χ0) is 14.8. The number of alkyl carbamates (subject to hydrolysis) is 1. The molecule has 1 heterocycles. The lowest BCUT2D eigenvalue weighted by Crippen LogP contribution is -2.64. The molecule has 108 valence electrons. The molecule has 0 aromatic carbocycles. The average Bonchev–Trinajstić information content (AvgIpc) is 2.32. The van der Waals surface area contributed by atoms with Crippen LogP contribution < -0.4 is 5.32 Å². The SMILES string of the molecule is COC(=O)NC1CCC(C)(C)N(C(C)C(=O)O)C1=O. The Kier molecular flexibility index (Phi) is 4.39. The fraction of sp³-hybridized carbons (Fsp3) is 0.750. The molecule has 0 aromatic heterocycles.